The molecule has 0 atom stereocenters. The van der Waals surface area contributed by atoms with E-state index in [1.54, 1.807) is 31.3 Å². The fourth-order valence-corrected chi connectivity index (χ4v) is 4.55. The van der Waals surface area contributed by atoms with Gasteiger partial charge in [0.05, 0.1) is 17.9 Å². The highest BCUT2D eigenvalue weighted by molar-refractivity contribution is 6.30. The smallest absolute Gasteiger partial charge is 0.339 e. The fraction of sp³-hybridized carbons (Fsp3) is 0.286. The van der Waals surface area contributed by atoms with Gasteiger partial charge in [0.15, 0.2) is 11.6 Å². The van der Waals surface area contributed by atoms with Crippen LogP contribution in [-0.2, 0) is 17.8 Å². The average Bonchev–Trinajstić information content (AvgIpc) is 3.35. The number of aromatic nitrogens is 1. The predicted molar refractivity (Wildman–Crippen MR) is 132 cm³/mol. The van der Waals surface area contributed by atoms with Crippen molar-refractivity contribution in [3.63, 3.8) is 0 Å². The molecule has 0 unspecified atom stereocenters. The molecule has 0 spiro atoms. The van der Waals surface area contributed by atoms with E-state index in [-0.39, 0.29) is 18.8 Å². The van der Waals surface area contributed by atoms with Crippen molar-refractivity contribution in [1.29, 1.82) is 0 Å². The zero-order valence-electron chi connectivity index (χ0n) is 20.0. The maximum atomic E-state index is 14.1. The lowest BCUT2D eigenvalue weighted by Gasteiger charge is -2.16. The van der Waals surface area contributed by atoms with Crippen LogP contribution in [0.5, 0.6) is 5.75 Å². The van der Waals surface area contributed by atoms with Gasteiger partial charge in [-0.3, -0.25) is 4.98 Å². The van der Waals surface area contributed by atoms with E-state index in [1.807, 2.05) is 13.0 Å². The first-order valence-electron chi connectivity index (χ1n) is 11.8. The topological polar surface area (TPSA) is 48.4 Å². The van der Waals surface area contributed by atoms with E-state index in [2.05, 4.69) is 4.98 Å². The molecule has 0 fully saturated rings. The molecule has 3 aromatic rings. The van der Waals surface area contributed by atoms with Crippen LogP contribution in [0, 0.1) is 17.5 Å². The molecule has 0 aliphatic heterocycles. The normalized spacial score (nSPS) is 13.3. The Bertz CT molecular complexity index is 1340. The minimum atomic E-state index is -1.26. The van der Waals surface area contributed by atoms with E-state index in [1.165, 1.54) is 0 Å². The summed E-state index contributed by atoms with van der Waals surface area (Å²) in [5.41, 5.74) is 4.50. The van der Waals surface area contributed by atoms with Gasteiger partial charge in [-0.25, -0.2) is 18.0 Å². The Morgan fingerprint density at radius 1 is 1.00 bits per heavy atom. The molecular weight excluding hydrogens is 491 g/mol. The third-order valence-corrected chi connectivity index (χ3v) is 6.34. The molecule has 0 amide bonds. The number of esters is 1. The number of nitrogens with zero attached hydrogens (tertiary/aromatic N) is 1. The first kappa shape index (κ1) is 25.8. The van der Waals surface area contributed by atoms with Crippen LogP contribution in [0.3, 0.4) is 0 Å². The zero-order valence-corrected chi connectivity index (χ0v) is 20.7. The van der Waals surface area contributed by atoms with Crippen molar-refractivity contribution in [3.8, 4) is 5.75 Å². The number of allylic oxidation sites excluding steroid dienone is 2. The van der Waals surface area contributed by atoms with Gasteiger partial charge in [0.2, 0.25) is 0 Å². The Balaban J connectivity index is 1.73. The second-order valence-corrected chi connectivity index (χ2v) is 8.83. The van der Waals surface area contributed by atoms with Crippen LogP contribution in [0.25, 0.3) is 11.1 Å². The number of pyridine rings is 1. The fourth-order valence-electron chi connectivity index (χ4n) is 4.38. The molecule has 1 aromatic heterocycles. The number of ether oxygens (including phenoxy) is 2. The van der Waals surface area contributed by atoms with Crippen LogP contribution in [0.2, 0.25) is 5.02 Å². The molecule has 0 bridgehead atoms. The Hall–Kier alpha value is -3.32. The van der Waals surface area contributed by atoms with Gasteiger partial charge in [0.1, 0.15) is 18.2 Å². The Labute approximate surface area is 212 Å². The van der Waals surface area contributed by atoms with Gasteiger partial charge < -0.3 is 9.47 Å². The number of aryl methyl sites for hydroxylation is 1. The van der Waals surface area contributed by atoms with E-state index in [4.69, 9.17) is 21.1 Å². The predicted octanol–water partition coefficient (Wildman–Crippen LogP) is 7.57. The molecule has 8 heteroatoms. The van der Waals surface area contributed by atoms with E-state index < -0.39 is 23.4 Å². The molecule has 1 aliphatic rings. The minimum Gasteiger partial charge on any atom is -0.488 e. The van der Waals surface area contributed by atoms with E-state index in [9.17, 15) is 18.0 Å². The van der Waals surface area contributed by atoms with E-state index >= 15 is 0 Å². The molecule has 0 saturated heterocycles. The first-order chi connectivity index (χ1) is 17.3. The molecule has 1 aliphatic carbocycles. The van der Waals surface area contributed by atoms with Crippen molar-refractivity contribution in [1.82, 2.24) is 4.98 Å². The van der Waals surface area contributed by atoms with Crippen LogP contribution in [0.1, 0.15) is 65.9 Å². The van der Waals surface area contributed by atoms with Crippen LogP contribution in [0.4, 0.5) is 13.2 Å². The molecule has 0 saturated carbocycles. The SMILES string of the molecule is CCOC(=O)c1cc(C2=C(c3cc(Cl)ccc3OCc3cc(F)c(F)cc3F)CCC2)cnc1CC. The standard InChI is InChI=1S/C28H25ClF3NO3/c1-3-26-22(28(34)35-4-2)10-16(14-33-26)19-6-5-7-20(19)21-12-18(29)8-9-27(21)36-15-17-11-24(31)25(32)13-23(17)30/h8-14H,3-7,15H2,1-2H3. The van der Waals surface area contributed by atoms with E-state index in [0.29, 0.717) is 34.5 Å². The Kier molecular flexibility index (Phi) is 7.99. The molecule has 0 N–H and O–H groups in total. The number of rotatable bonds is 8. The third kappa shape index (κ3) is 5.41. The monoisotopic (exact) mass is 515 g/mol. The Morgan fingerprint density at radius 2 is 1.75 bits per heavy atom. The summed E-state index contributed by atoms with van der Waals surface area (Å²) >= 11 is 6.31. The second kappa shape index (κ2) is 11.2. The third-order valence-electron chi connectivity index (χ3n) is 6.11. The van der Waals surface area contributed by atoms with Gasteiger partial charge in [0, 0.05) is 28.4 Å². The average molecular weight is 516 g/mol. The molecule has 4 rings (SSSR count). The lowest BCUT2D eigenvalue weighted by atomic mass is 9.96. The van der Waals surface area contributed by atoms with Gasteiger partial charge in [-0.05, 0) is 79.6 Å². The van der Waals surface area contributed by atoms with Gasteiger partial charge in [-0.1, -0.05) is 18.5 Å². The summed E-state index contributed by atoms with van der Waals surface area (Å²) in [4.78, 5) is 17.1. The molecule has 4 nitrogen and oxygen atoms in total. The van der Waals surface area contributed by atoms with Crippen LogP contribution in [0.15, 0.2) is 42.6 Å². The van der Waals surface area contributed by atoms with Crippen LogP contribution < -0.4 is 4.74 Å². The maximum absolute atomic E-state index is 14.1. The highest BCUT2D eigenvalue weighted by Crippen LogP contribution is 2.44. The molecule has 1 heterocycles. The van der Waals surface area contributed by atoms with E-state index in [0.717, 1.165) is 47.6 Å². The van der Waals surface area contributed by atoms with Gasteiger partial charge in [0.25, 0.3) is 0 Å². The number of benzene rings is 2. The zero-order chi connectivity index (χ0) is 25.8. The van der Waals surface area contributed by atoms with Crippen LogP contribution >= 0.6 is 11.6 Å². The lowest BCUT2D eigenvalue weighted by molar-refractivity contribution is 0.0524. The van der Waals surface area contributed by atoms with Crippen molar-refractivity contribution in [2.24, 2.45) is 0 Å². The summed E-state index contributed by atoms with van der Waals surface area (Å²) in [5, 5.41) is 0.488. The molecule has 2 aromatic carbocycles. The lowest BCUT2D eigenvalue weighted by Crippen LogP contribution is -2.10. The van der Waals surface area contributed by atoms with Gasteiger partial charge in [-0.15, -0.1) is 0 Å². The summed E-state index contributed by atoms with van der Waals surface area (Å²) < 4.78 is 52.2. The number of carbonyl (C=O) groups excluding carboxylic acids is 1. The first-order valence-corrected chi connectivity index (χ1v) is 12.1. The summed E-state index contributed by atoms with van der Waals surface area (Å²) in [5.74, 6) is -3.27. The summed E-state index contributed by atoms with van der Waals surface area (Å²) in [6.07, 6.45) is 4.71. The summed E-state index contributed by atoms with van der Waals surface area (Å²) in [7, 11) is 0. The quantitative estimate of drug-likeness (QED) is 0.229. The highest BCUT2D eigenvalue weighted by atomic mass is 35.5. The molecule has 36 heavy (non-hydrogen) atoms. The van der Waals surface area contributed by atoms with Crippen molar-refractivity contribution in [2.45, 2.75) is 46.1 Å². The van der Waals surface area contributed by atoms with Crippen molar-refractivity contribution < 1.29 is 27.4 Å². The van der Waals surface area contributed by atoms with Crippen LogP contribution in [-0.4, -0.2) is 17.6 Å². The maximum Gasteiger partial charge on any atom is 0.339 e. The number of carbonyl (C=O) groups is 1. The van der Waals surface area contributed by atoms with Crippen molar-refractivity contribution >= 4 is 28.7 Å². The molecule has 0 radical (unpaired) electrons. The molecule has 188 valence electrons. The molecular formula is C28H25ClF3NO3. The summed E-state index contributed by atoms with van der Waals surface area (Å²) in [6.45, 7) is 3.66. The number of hydrogen-bond donors (Lipinski definition) is 0. The second-order valence-electron chi connectivity index (χ2n) is 8.39. The van der Waals surface area contributed by atoms with Gasteiger partial charge in [-0.2, -0.15) is 0 Å². The Morgan fingerprint density at radius 3 is 2.50 bits per heavy atom. The van der Waals surface area contributed by atoms with Gasteiger partial charge >= 0.3 is 5.97 Å². The summed E-state index contributed by atoms with van der Waals surface area (Å²) in [6, 6.07) is 8.18. The number of halogens is 4. The minimum absolute atomic E-state index is 0.103. The van der Waals surface area contributed by atoms with Crippen molar-refractivity contribution in [2.75, 3.05) is 6.61 Å². The van der Waals surface area contributed by atoms with Crippen molar-refractivity contribution in [3.05, 3.63) is 93.0 Å². The number of hydrogen-bond acceptors (Lipinski definition) is 4. The largest absolute Gasteiger partial charge is 0.488 e. The highest BCUT2D eigenvalue weighted by Gasteiger charge is 2.23.